The number of nitrogens with two attached hydrogens (primary N) is 1. The van der Waals surface area contributed by atoms with E-state index in [1.807, 2.05) is 0 Å². The third-order valence-corrected chi connectivity index (χ3v) is 3.46. The molecule has 3 N–H and O–H groups in total. The molecule has 1 rings (SSSR count). The predicted molar refractivity (Wildman–Crippen MR) is 66.9 cm³/mol. The van der Waals surface area contributed by atoms with E-state index in [1.165, 1.54) is 0 Å². The molecule has 0 spiro atoms. The van der Waals surface area contributed by atoms with E-state index in [4.69, 9.17) is 5.73 Å². The summed E-state index contributed by atoms with van der Waals surface area (Å²) >= 11 is 0. The summed E-state index contributed by atoms with van der Waals surface area (Å²) in [7, 11) is 0. The summed E-state index contributed by atoms with van der Waals surface area (Å²) in [6, 6.07) is 0.387. The van der Waals surface area contributed by atoms with E-state index in [0.717, 1.165) is 12.8 Å². The molecule has 1 aliphatic carbocycles. The molecule has 3 nitrogen and oxygen atoms in total. The van der Waals surface area contributed by atoms with E-state index in [1.54, 1.807) is 0 Å². The van der Waals surface area contributed by atoms with Gasteiger partial charge in [-0.15, -0.1) is 0 Å². The van der Waals surface area contributed by atoms with Gasteiger partial charge < -0.3 is 11.1 Å². The lowest BCUT2D eigenvalue weighted by Crippen LogP contribution is -2.32. The third-order valence-electron chi connectivity index (χ3n) is 3.46. The first-order valence-corrected chi connectivity index (χ1v) is 6.34. The molecule has 0 aromatic heterocycles. The molecule has 94 valence electrons. The molecule has 0 heterocycles. The first kappa shape index (κ1) is 13.5. The van der Waals surface area contributed by atoms with Gasteiger partial charge >= 0.3 is 0 Å². The van der Waals surface area contributed by atoms with Crippen molar-refractivity contribution in [2.45, 2.75) is 53.0 Å². The van der Waals surface area contributed by atoms with Gasteiger partial charge in [0.05, 0.1) is 0 Å². The fourth-order valence-electron chi connectivity index (χ4n) is 2.16. The third kappa shape index (κ3) is 4.12. The van der Waals surface area contributed by atoms with Crippen LogP contribution in [-0.4, -0.2) is 18.5 Å². The number of amides is 1. The number of carbonyl (C=O) groups is 1. The van der Waals surface area contributed by atoms with Crippen molar-refractivity contribution >= 4 is 5.91 Å². The summed E-state index contributed by atoms with van der Waals surface area (Å²) < 4.78 is 0. The van der Waals surface area contributed by atoms with Crippen LogP contribution in [0.3, 0.4) is 0 Å². The fraction of sp³-hybridized carbons (Fsp3) is 0.923. The maximum Gasteiger partial charge on any atom is 0.220 e. The van der Waals surface area contributed by atoms with Gasteiger partial charge in [-0.3, -0.25) is 4.79 Å². The highest BCUT2D eigenvalue weighted by Gasteiger charge is 2.46. The SMILES string of the molecule is CC(C)CC(CN)CC(=O)NC1CC1(C)C. The highest BCUT2D eigenvalue weighted by atomic mass is 16.1. The van der Waals surface area contributed by atoms with Crippen molar-refractivity contribution in [1.82, 2.24) is 5.32 Å². The van der Waals surface area contributed by atoms with Gasteiger partial charge in [-0.05, 0) is 36.6 Å². The largest absolute Gasteiger partial charge is 0.353 e. The molecule has 1 fully saturated rings. The molecule has 1 amide bonds. The Kier molecular flexibility index (Phi) is 4.36. The highest BCUT2D eigenvalue weighted by molar-refractivity contribution is 5.77. The molecule has 2 atom stereocenters. The average Bonchev–Trinajstić information content (AvgIpc) is 2.71. The van der Waals surface area contributed by atoms with Gasteiger partial charge in [-0.2, -0.15) is 0 Å². The Hall–Kier alpha value is -0.570. The maximum atomic E-state index is 11.8. The molecular weight excluding hydrogens is 200 g/mol. The Bertz CT molecular complexity index is 248. The molecule has 0 aromatic carbocycles. The Morgan fingerprint density at radius 3 is 2.44 bits per heavy atom. The summed E-state index contributed by atoms with van der Waals surface area (Å²) in [5, 5.41) is 3.09. The first-order valence-electron chi connectivity index (χ1n) is 6.34. The van der Waals surface area contributed by atoms with Gasteiger partial charge in [0.1, 0.15) is 0 Å². The number of rotatable bonds is 6. The van der Waals surface area contributed by atoms with Crippen molar-refractivity contribution < 1.29 is 4.79 Å². The standard InChI is InChI=1S/C13H26N2O/c1-9(2)5-10(8-14)6-12(16)15-11-7-13(11,3)4/h9-11H,5-8,14H2,1-4H3,(H,15,16). The summed E-state index contributed by atoms with van der Waals surface area (Å²) in [5.74, 6) is 1.12. The second-order valence-electron chi connectivity index (χ2n) is 6.25. The monoisotopic (exact) mass is 226 g/mol. The van der Waals surface area contributed by atoms with Crippen LogP contribution < -0.4 is 11.1 Å². The first-order chi connectivity index (χ1) is 7.35. The lowest BCUT2D eigenvalue weighted by Gasteiger charge is -2.17. The van der Waals surface area contributed by atoms with Crippen molar-refractivity contribution in [2.75, 3.05) is 6.54 Å². The van der Waals surface area contributed by atoms with E-state index < -0.39 is 0 Å². The average molecular weight is 226 g/mol. The molecule has 1 aliphatic rings. The number of hydrogen-bond acceptors (Lipinski definition) is 2. The maximum absolute atomic E-state index is 11.8. The van der Waals surface area contributed by atoms with Crippen LogP contribution in [0, 0.1) is 17.3 Å². The van der Waals surface area contributed by atoms with Crippen LogP contribution >= 0.6 is 0 Å². The molecule has 1 saturated carbocycles. The zero-order valence-corrected chi connectivity index (χ0v) is 11.0. The molecule has 16 heavy (non-hydrogen) atoms. The Morgan fingerprint density at radius 1 is 1.50 bits per heavy atom. The summed E-state index contributed by atoms with van der Waals surface area (Å²) in [4.78, 5) is 11.8. The van der Waals surface area contributed by atoms with E-state index in [-0.39, 0.29) is 5.91 Å². The summed E-state index contributed by atoms with van der Waals surface area (Å²) in [6.45, 7) is 9.33. The summed E-state index contributed by atoms with van der Waals surface area (Å²) in [6.07, 6.45) is 2.73. The van der Waals surface area contributed by atoms with E-state index >= 15 is 0 Å². The Balaban J connectivity index is 2.27. The molecule has 0 aliphatic heterocycles. The van der Waals surface area contributed by atoms with Gasteiger partial charge in [0.25, 0.3) is 0 Å². The molecule has 2 unspecified atom stereocenters. The van der Waals surface area contributed by atoms with Crippen molar-refractivity contribution in [3.05, 3.63) is 0 Å². The lowest BCUT2D eigenvalue weighted by atomic mass is 9.94. The van der Waals surface area contributed by atoms with Gasteiger partial charge in [-0.25, -0.2) is 0 Å². The molecular formula is C13H26N2O. The Labute approximate surface area is 99.2 Å². The van der Waals surface area contributed by atoms with Crippen molar-refractivity contribution in [3.8, 4) is 0 Å². The predicted octanol–water partition coefficient (Wildman–Crippen LogP) is 1.91. The van der Waals surface area contributed by atoms with Crippen molar-refractivity contribution in [2.24, 2.45) is 23.0 Å². The van der Waals surface area contributed by atoms with Crippen LogP contribution in [0.15, 0.2) is 0 Å². The van der Waals surface area contributed by atoms with E-state index in [2.05, 4.69) is 33.0 Å². The molecule has 0 radical (unpaired) electrons. The van der Waals surface area contributed by atoms with Crippen LogP contribution in [0.25, 0.3) is 0 Å². The normalized spacial score (nSPS) is 24.2. The highest BCUT2D eigenvalue weighted by Crippen LogP contribution is 2.44. The lowest BCUT2D eigenvalue weighted by molar-refractivity contribution is -0.122. The van der Waals surface area contributed by atoms with E-state index in [0.29, 0.717) is 36.3 Å². The molecule has 0 aromatic rings. The topological polar surface area (TPSA) is 55.1 Å². The fourth-order valence-corrected chi connectivity index (χ4v) is 2.16. The van der Waals surface area contributed by atoms with Gasteiger partial charge in [0.15, 0.2) is 0 Å². The minimum Gasteiger partial charge on any atom is -0.353 e. The Morgan fingerprint density at radius 2 is 2.06 bits per heavy atom. The second kappa shape index (κ2) is 5.17. The zero-order valence-electron chi connectivity index (χ0n) is 11.0. The number of hydrogen-bond donors (Lipinski definition) is 2. The van der Waals surface area contributed by atoms with Crippen LogP contribution in [0.5, 0.6) is 0 Å². The van der Waals surface area contributed by atoms with Gasteiger partial charge in [-0.1, -0.05) is 27.7 Å². The number of carbonyl (C=O) groups excluding carboxylic acids is 1. The van der Waals surface area contributed by atoms with Gasteiger partial charge in [0, 0.05) is 12.5 Å². The quantitative estimate of drug-likeness (QED) is 0.727. The smallest absolute Gasteiger partial charge is 0.220 e. The van der Waals surface area contributed by atoms with Gasteiger partial charge in [0.2, 0.25) is 5.91 Å². The number of nitrogens with one attached hydrogen (secondary N) is 1. The van der Waals surface area contributed by atoms with Crippen molar-refractivity contribution in [1.29, 1.82) is 0 Å². The van der Waals surface area contributed by atoms with Crippen LogP contribution in [-0.2, 0) is 4.79 Å². The molecule has 3 heteroatoms. The van der Waals surface area contributed by atoms with Crippen LogP contribution in [0.4, 0.5) is 0 Å². The van der Waals surface area contributed by atoms with E-state index in [9.17, 15) is 4.79 Å². The van der Waals surface area contributed by atoms with Crippen molar-refractivity contribution in [3.63, 3.8) is 0 Å². The minimum absolute atomic E-state index is 0.173. The minimum atomic E-state index is 0.173. The van der Waals surface area contributed by atoms with Crippen LogP contribution in [0.2, 0.25) is 0 Å². The zero-order chi connectivity index (χ0) is 12.3. The van der Waals surface area contributed by atoms with Crippen LogP contribution in [0.1, 0.15) is 47.0 Å². The molecule has 0 bridgehead atoms. The molecule has 0 saturated heterocycles. The summed E-state index contributed by atoms with van der Waals surface area (Å²) in [5.41, 5.74) is 6.00. The second-order valence-corrected chi connectivity index (χ2v) is 6.25.